The molecule has 0 saturated heterocycles. The van der Waals surface area contributed by atoms with Gasteiger partial charge in [-0.3, -0.25) is 29.6 Å². The first-order chi connectivity index (χ1) is 18.4. The van der Waals surface area contributed by atoms with E-state index in [-0.39, 0.29) is 27.1 Å². The first-order valence-corrected chi connectivity index (χ1v) is 12.4. The van der Waals surface area contributed by atoms with E-state index in [1.54, 1.807) is 26.0 Å². The lowest BCUT2D eigenvalue weighted by Crippen LogP contribution is -2.39. The van der Waals surface area contributed by atoms with Gasteiger partial charge in [0.05, 0.1) is 44.4 Å². The number of carbonyl (C=O) groups excluding carboxylic acids is 1. The number of thiazole rings is 1. The van der Waals surface area contributed by atoms with Crippen molar-refractivity contribution >= 4 is 40.4 Å². The van der Waals surface area contributed by atoms with Gasteiger partial charge in [-0.25, -0.2) is 9.79 Å². The molecule has 0 aliphatic carbocycles. The predicted molar refractivity (Wildman–Crippen MR) is 143 cm³/mol. The second-order valence-corrected chi connectivity index (χ2v) is 9.71. The summed E-state index contributed by atoms with van der Waals surface area (Å²) in [5.74, 6) is -1.46. The first kappa shape index (κ1) is 27.2. The Morgan fingerprint density at radius 2 is 1.87 bits per heavy atom. The molecular formula is C25H23N5O8S. The van der Waals surface area contributed by atoms with Crippen molar-refractivity contribution in [1.82, 2.24) is 4.57 Å². The van der Waals surface area contributed by atoms with Crippen LogP contribution in [0.15, 0.2) is 57.5 Å². The minimum atomic E-state index is -0.951. The molecule has 0 bridgehead atoms. The van der Waals surface area contributed by atoms with Crippen LogP contribution in [0.3, 0.4) is 0 Å². The molecule has 2 aromatic carbocycles. The van der Waals surface area contributed by atoms with Crippen molar-refractivity contribution < 1.29 is 24.5 Å². The number of nitro benzene ring substituents is 2. The molecule has 14 heteroatoms. The van der Waals surface area contributed by atoms with E-state index in [2.05, 4.69) is 4.99 Å². The van der Waals surface area contributed by atoms with Crippen LogP contribution in [0.25, 0.3) is 6.08 Å². The number of esters is 1. The van der Waals surface area contributed by atoms with Gasteiger partial charge in [-0.05, 0) is 37.6 Å². The number of ether oxygens (including phenoxy) is 1. The molecule has 0 amide bonds. The lowest BCUT2D eigenvalue weighted by atomic mass is 9.95. The van der Waals surface area contributed by atoms with Gasteiger partial charge in [-0.2, -0.15) is 0 Å². The highest BCUT2D eigenvalue weighted by Gasteiger charge is 2.33. The summed E-state index contributed by atoms with van der Waals surface area (Å²) in [6.07, 6.45) is 1.13. The van der Waals surface area contributed by atoms with Crippen molar-refractivity contribution in [2.75, 3.05) is 25.6 Å². The highest BCUT2D eigenvalue weighted by molar-refractivity contribution is 7.07. The molecule has 1 aliphatic rings. The molecule has 13 nitrogen and oxygen atoms in total. The van der Waals surface area contributed by atoms with E-state index in [1.165, 1.54) is 4.57 Å². The van der Waals surface area contributed by atoms with Crippen LogP contribution in [-0.2, 0) is 9.53 Å². The number of aromatic nitrogens is 1. The number of nitro groups is 2. The number of fused-ring (bicyclic) bond motifs is 1. The fraction of sp³-hybridized carbons (Fsp3) is 0.240. The molecule has 1 aliphatic heterocycles. The SMILES string of the molecule is CCOC(=O)C1=C(C)N=c2s/c(=C\c3cc([N+](=O)[O-])cc([N+](=O)[O-])c3O)c(=O)n2[C@H]1c1ccc(N(C)C)cc1. The number of allylic oxidation sites excluding steroid dienone is 1. The number of benzene rings is 2. The smallest absolute Gasteiger partial charge is 0.338 e. The Morgan fingerprint density at radius 3 is 2.44 bits per heavy atom. The fourth-order valence-corrected chi connectivity index (χ4v) is 5.22. The van der Waals surface area contributed by atoms with E-state index in [9.17, 15) is 34.9 Å². The quantitative estimate of drug-likeness (QED) is 0.262. The molecule has 0 unspecified atom stereocenters. The summed E-state index contributed by atoms with van der Waals surface area (Å²) in [7, 11) is 3.75. The van der Waals surface area contributed by atoms with Gasteiger partial charge in [0.25, 0.3) is 11.2 Å². The van der Waals surface area contributed by atoms with Crippen molar-refractivity contribution in [3.05, 3.63) is 98.7 Å². The number of phenols is 1. The van der Waals surface area contributed by atoms with Gasteiger partial charge in [0.15, 0.2) is 4.80 Å². The van der Waals surface area contributed by atoms with E-state index >= 15 is 0 Å². The number of carbonyl (C=O) groups is 1. The Morgan fingerprint density at radius 1 is 1.21 bits per heavy atom. The second kappa shape index (κ2) is 10.5. The average molecular weight is 554 g/mol. The van der Waals surface area contributed by atoms with E-state index in [4.69, 9.17) is 4.74 Å². The standard InChI is InChI=1S/C25H23N5O8S/c1-5-38-24(33)20-13(2)26-25-28(21(20)14-6-8-16(9-7-14)27(3)4)23(32)19(39-25)11-15-10-17(29(34)35)12-18(22(15)31)30(36)37/h6-12,21,31H,5H2,1-4H3/b19-11-/t21-/m0/s1. The maximum absolute atomic E-state index is 13.7. The Bertz CT molecular complexity index is 1720. The molecule has 1 atom stereocenters. The minimum Gasteiger partial charge on any atom is -0.502 e. The average Bonchev–Trinajstić information content (AvgIpc) is 3.18. The molecular weight excluding hydrogens is 530 g/mol. The summed E-state index contributed by atoms with van der Waals surface area (Å²) in [5.41, 5.74) is -0.372. The van der Waals surface area contributed by atoms with Crippen LogP contribution in [0.5, 0.6) is 5.75 Å². The van der Waals surface area contributed by atoms with Gasteiger partial charge in [0.1, 0.15) is 0 Å². The number of non-ortho nitro benzene ring substituents is 1. The van der Waals surface area contributed by atoms with E-state index < -0.39 is 44.5 Å². The van der Waals surface area contributed by atoms with Crippen molar-refractivity contribution in [1.29, 1.82) is 0 Å². The third-order valence-corrected chi connectivity index (χ3v) is 7.02. The first-order valence-electron chi connectivity index (χ1n) is 11.6. The van der Waals surface area contributed by atoms with Crippen LogP contribution in [0.2, 0.25) is 0 Å². The van der Waals surface area contributed by atoms with Gasteiger partial charge in [0.2, 0.25) is 5.75 Å². The maximum atomic E-state index is 13.7. The normalized spacial score (nSPS) is 15.0. The molecule has 0 saturated carbocycles. The number of rotatable bonds is 7. The zero-order chi connectivity index (χ0) is 28.6. The summed E-state index contributed by atoms with van der Waals surface area (Å²) >= 11 is 0.914. The highest BCUT2D eigenvalue weighted by atomic mass is 32.1. The number of anilines is 1. The van der Waals surface area contributed by atoms with Crippen LogP contribution in [-0.4, -0.2) is 46.2 Å². The van der Waals surface area contributed by atoms with E-state index in [0.29, 0.717) is 17.3 Å². The van der Waals surface area contributed by atoms with Crippen LogP contribution in [0.4, 0.5) is 17.1 Å². The number of phenolic OH excluding ortho intramolecular Hbond substituents is 1. The van der Waals surface area contributed by atoms with Crippen molar-refractivity contribution in [3.63, 3.8) is 0 Å². The zero-order valence-electron chi connectivity index (χ0n) is 21.3. The fourth-order valence-electron chi connectivity index (χ4n) is 4.18. The van der Waals surface area contributed by atoms with Gasteiger partial charge in [0, 0.05) is 31.4 Å². The van der Waals surface area contributed by atoms with Gasteiger partial charge in [-0.15, -0.1) is 0 Å². The summed E-state index contributed by atoms with van der Waals surface area (Å²) in [6.45, 7) is 3.39. The Kier molecular flexibility index (Phi) is 7.31. The molecule has 0 radical (unpaired) electrons. The highest BCUT2D eigenvalue weighted by Crippen LogP contribution is 2.35. The third-order valence-electron chi connectivity index (χ3n) is 6.04. The third kappa shape index (κ3) is 5.01. The minimum absolute atomic E-state index is 0.00772. The number of nitrogens with zero attached hydrogens (tertiary/aromatic N) is 5. The molecule has 0 fully saturated rings. The molecule has 3 aromatic rings. The lowest BCUT2D eigenvalue weighted by Gasteiger charge is -2.25. The van der Waals surface area contributed by atoms with Crippen LogP contribution in [0, 0.1) is 20.2 Å². The Labute approximate surface area is 224 Å². The van der Waals surface area contributed by atoms with Crippen LogP contribution < -0.4 is 19.8 Å². The van der Waals surface area contributed by atoms with Gasteiger partial charge >= 0.3 is 11.7 Å². The number of hydrogen-bond donors (Lipinski definition) is 1. The Balaban J connectivity index is 1.98. The van der Waals surface area contributed by atoms with Crippen molar-refractivity contribution in [2.45, 2.75) is 19.9 Å². The molecule has 2 heterocycles. The van der Waals surface area contributed by atoms with Gasteiger partial charge < -0.3 is 14.7 Å². The van der Waals surface area contributed by atoms with Crippen LogP contribution >= 0.6 is 11.3 Å². The monoisotopic (exact) mass is 553 g/mol. The van der Waals surface area contributed by atoms with Crippen LogP contribution in [0.1, 0.15) is 31.0 Å². The summed E-state index contributed by atoms with van der Waals surface area (Å²) < 4.78 is 6.57. The molecule has 39 heavy (non-hydrogen) atoms. The number of hydrogen-bond acceptors (Lipinski definition) is 11. The molecule has 0 spiro atoms. The topological polar surface area (TPSA) is 170 Å². The zero-order valence-corrected chi connectivity index (χ0v) is 22.1. The largest absolute Gasteiger partial charge is 0.502 e. The summed E-state index contributed by atoms with van der Waals surface area (Å²) in [5, 5.41) is 33.1. The molecule has 1 N–H and O–H groups in total. The lowest BCUT2D eigenvalue weighted by molar-refractivity contribution is -0.394. The maximum Gasteiger partial charge on any atom is 0.338 e. The molecule has 4 rings (SSSR count). The molecule has 202 valence electrons. The summed E-state index contributed by atoms with van der Waals surface area (Å²) in [6, 6.07) is 7.92. The van der Waals surface area contributed by atoms with E-state index in [0.717, 1.165) is 29.2 Å². The van der Waals surface area contributed by atoms with Gasteiger partial charge in [-0.1, -0.05) is 23.5 Å². The number of aromatic hydroxyl groups is 1. The Hall–Kier alpha value is -4.85. The predicted octanol–water partition coefficient (Wildman–Crippen LogP) is 2.39. The van der Waals surface area contributed by atoms with Crippen molar-refractivity contribution in [3.8, 4) is 5.75 Å². The summed E-state index contributed by atoms with van der Waals surface area (Å²) in [4.78, 5) is 54.2. The second-order valence-electron chi connectivity index (χ2n) is 8.71. The molecule has 1 aromatic heterocycles. The van der Waals surface area contributed by atoms with E-state index in [1.807, 2.05) is 31.1 Å². The van der Waals surface area contributed by atoms with Crippen molar-refractivity contribution in [2.24, 2.45) is 4.99 Å².